The lowest BCUT2D eigenvalue weighted by Crippen LogP contribution is -2.25. The van der Waals surface area contributed by atoms with Gasteiger partial charge in [0.25, 0.3) is 5.91 Å². The van der Waals surface area contributed by atoms with Crippen LogP contribution in [0.4, 0.5) is 0 Å². The molecule has 23 heavy (non-hydrogen) atoms. The number of nitrogens with one attached hydrogen (secondary N) is 1. The zero-order valence-corrected chi connectivity index (χ0v) is 13.1. The summed E-state index contributed by atoms with van der Waals surface area (Å²) in [6.45, 7) is 0.575. The largest absolute Gasteiger partial charge is 0.352 e. The summed E-state index contributed by atoms with van der Waals surface area (Å²) < 4.78 is 1.64. The number of carbonyl (C=O) groups is 1. The standard InChI is InChI=1S/C17H15ClN4O/c18-15-5-1-13(2-6-15)9-10-20-17(23)14-3-7-16(8-4-14)22-12-19-11-21-22/h1-8,11-12H,9-10H2,(H,20,23). The topological polar surface area (TPSA) is 59.8 Å². The summed E-state index contributed by atoms with van der Waals surface area (Å²) in [5.41, 5.74) is 2.61. The number of hydrogen-bond donors (Lipinski definition) is 1. The van der Waals surface area contributed by atoms with Gasteiger partial charge in [-0.15, -0.1) is 0 Å². The second kappa shape index (κ2) is 7.07. The molecule has 0 fully saturated rings. The van der Waals surface area contributed by atoms with Crippen molar-refractivity contribution >= 4 is 17.5 Å². The van der Waals surface area contributed by atoms with Crippen LogP contribution in [0, 0.1) is 0 Å². The van der Waals surface area contributed by atoms with Crippen LogP contribution in [0.5, 0.6) is 0 Å². The summed E-state index contributed by atoms with van der Waals surface area (Å²) in [5.74, 6) is -0.0934. The van der Waals surface area contributed by atoms with Gasteiger partial charge in [0.15, 0.2) is 0 Å². The molecule has 6 heteroatoms. The van der Waals surface area contributed by atoms with Crippen molar-refractivity contribution in [3.8, 4) is 5.69 Å². The Bertz CT molecular complexity index is 767. The van der Waals surface area contributed by atoms with Crippen molar-refractivity contribution in [3.05, 3.63) is 77.3 Å². The molecule has 0 bridgehead atoms. The van der Waals surface area contributed by atoms with E-state index in [1.165, 1.54) is 6.33 Å². The molecule has 1 aromatic heterocycles. The lowest BCUT2D eigenvalue weighted by atomic mass is 10.1. The molecule has 0 aliphatic carbocycles. The Morgan fingerprint density at radius 2 is 1.83 bits per heavy atom. The van der Waals surface area contributed by atoms with E-state index in [4.69, 9.17) is 11.6 Å². The molecule has 1 heterocycles. The molecular formula is C17H15ClN4O. The van der Waals surface area contributed by atoms with E-state index in [-0.39, 0.29) is 5.91 Å². The van der Waals surface area contributed by atoms with Crippen molar-refractivity contribution in [2.24, 2.45) is 0 Å². The van der Waals surface area contributed by atoms with E-state index < -0.39 is 0 Å². The highest BCUT2D eigenvalue weighted by atomic mass is 35.5. The van der Waals surface area contributed by atoms with Crippen LogP contribution in [-0.2, 0) is 6.42 Å². The Labute approximate surface area is 138 Å². The van der Waals surface area contributed by atoms with Gasteiger partial charge < -0.3 is 5.32 Å². The molecule has 0 aliphatic heterocycles. The smallest absolute Gasteiger partial charge is 0.251 e. The number of aromatic nitrogens is 3. The predicted molar refractivity (Wildman–Crippen MR) is 88.8 cm³/mol. The maximum absolute atomic E-state index is 12.1. The zero-order valence-electron chi connectivity index (χ0n) is 12.3. The Morgan fingerprint density at radius 1 is 1.09 bits per heavy atom. The summed E-state index contributed by atoms with van der Waals surface area (Å²) in [7, 11) is 0. The molecule has 0 aliphatic rings. The third-order valence-electron chi connectivity index (χ3n) is 3.43. The number of rotatable bonds is 5. The van der Waals surface area contributed by atoms with Crippen LogP contribution in [0.1, 0.15) is 15.9 Å². The molecule has 0 saturated carbocycles. The van der Waals surface area contributed by atoms with Gasteiger partial charge in [0, 0.05) is 17.1 Å². The van der Waals surface area contributed by atoms with E-state index in [1.54, 1.807) is 23.1 Å². The van der Waals surface area contributed by atoms with Gasteiger partial charge in [0.05, 0.1) is 5.69 Å². The minimum Gasteiger partial charge on any atom is -0.352 e. The van der Waals surface area contributed by atoms with Crippen LogP contribution >= 0.6 is 11.6 Å². The lowest BCUT2D eigenvalue weighted by molar-refractivity contribution is 0.0954. The van der Waals surface area contributed by atoms with Gasteiger partial charge in [0.1, 0.15) is 12.7 Å². The predicted octanol–water partition coefficient (Wildman–Crippen LogP) is 2.89. The number of carbonyl (C=O) groups excluding carboxylic acids is 1. The second-order valence-electron chi connectivity index (χ2n) is 5.02. The van der Waals surface area contributed by atoms with E-state index in [9.17, 15) is 4.79 Å². The van der Waals surface area contributed by atoms with Crippen molar-refractivity contribution in [3.63, 3.8) is 0 Å². The van der Waals surface area contributed by atoms with E-state index in [0.717, 1.165) is 17.7 Å². The van der Waals surface area contributed by atoms with Gasteiger partial charge in [-0.3, -0.25) is 4.79 Å². The number of benzene rings is 2. The van der Waals surface area contributed by atoms with Crippen molar-refractivity contribution in [1.82, 2.24) is 20.1 Å². The van der Waals surface area contributed by atoms with Crippen LogP contribution in [-0.4, -0.2) is 27.2 Å². The fourth-order valence-corrected chi connectivity index (χ4v) is 2.31. The molecule has 0 spiro atoms. The van der Waals surface area contributed by atoms with E-state index >= 15 is 0 Å². The first kappa shape index (κ1) is 15.2. The molecule has 0 radical (unpaired) electrons. The SMILES string of the molecule is O=C(NCCc1ccc(Cl)cc1)c1ccc(-n2cncn2)cc1. The normalized spacial score (nSPS) is 10.5. The van der Waals surface area contributed by atoms with Gasteiger partial charge in [0.2, 0.25) is 0 Å². The van der Waals surface area contributed by atoms with Gasteiger partial charge in [-0.1, -0.05) is 23.7 Å². The Balaban J connectivity index is 1.55. The highest BCUT2D eigenvalue weighted by molar-refractivity contribution is 6.30. The average Bonchev–Trinajstić information content (AvgIpc) is 3.11. The molecule has 3 rings (SSSR count). The van der Waals surface area contributed by atoms with Crippen molar-refractivity contribution in [2.45, 2.75) is 6.42 Å². The lowest BCUT2D eigenvalue weighted by Gasteiger charge is -2.06. The summed E-state index contributed by atoms with van der Waals surface area (Å²) in [4.78, 5) is 16.0. The summed E-state index contributed by atoms with van der Waals surface area (Å²) in [6.07, 6.45) is 3.85. The molecule has 1 N–H and O–H groups in total. The van der Waals surface area contributed by atoms with Crippen molar-refractivity contribution < 1.29 is 4.79 Å². The first-order valence-corrected chi connectivity index (χ1v) is 7.58. The van der Waals surface area contributed by atoms with Gasteiger partial charge in [-0.25, -0.2) is 9.67 Å². The zero-order chi connectivity index (χ0) is 16.1. The maximum atomic E-state index is 12.1. The van der Waals surface area contributed by atoms with Crippen LogP contribution in [0.15, 0.2) is 61.2 Å². The van der Waals surface area contributed by atoms with Crippen LogP contribution in [0.25, 0.3) is 5.69 Å². The van der Waals surface area contributed by atoms with Gasteiger partial charge >= 0.3 is 0 Å². The number of nitrogens with zero attached hydrogens (tertiary/aromatic N) is 3. The average molecular weight is 327 g/mol. The number of hydrogen-bond acceptors (Lipinski definition) is 3. The van der Waals surface area contributed by atoms with E-state index in [1.807, 2.05) is 36.4 Å². The molecule has 116 valence electrons. The minimum atomic E-state index is -0.0934. The molecule has 5 nitrogen and oxygen atoms in total. The molecule has 0 saturated heterocycles. The van der Waals surface area contributed by atoms with Crippen molar-refractivity contribution in [1.29, 1.82) is 0 Å². The van der Waals surface area contributed by atoms with Crippen LogP contribution < -0.4 is 5.32 Å². The number of amides is 1. The fraction of sp³-hybridized carbons (Fsp3) is 0.118. The molecule has 2 aromatic carbocycles. The van der Waals surface area contributed by atoms with E-state index in [2.05, 4.69) is 15.4 Å². The van der Waals surface area contributed by atoms with Crippen LogP contribution in [0.2, 0.25) is 5.02 Å². The first-order chi connectivity index (χ1) is 11.2. The van der Waals surface area contributed by atoms with Gasteiger partial charge in [-0.2, -0.15) is 5.10 Å². The monoisotopic (exact) mass is 326 g/mol. The van der Waals surface area contributed by atoms with Crippen LogP contribution in [0.3, 0.4) is 0 Å². The highest BCUT2D eigenvalue weighted by Gasteiger charge is 2.05. The van der Waals surface area contributed by atoms with Gasteiger partial charge in [-0.05, 0) is 48.4 Å². The Morgan fingerprint density at radius 3 is 2.48 bits per heavy atom. The fourth-order valence-electron chi connectivity index (χ4n) is 2.18. The quantitative estimate of drug-likeness (QED) is 0.784. The Kier molecular flexibility index (Phi) is 4.68. The highest BCUT2D eigenvalue weighted by Crippen LogP contribution is 2.10. The third-order valence-corrected chi connectivity index (χ3v) is 3.68. The molecule has 0 unspecified atom stereocenters. The first-order valence-electron chi connectivity index (χ1n) is 7.20. The van der Waals surface area contributed by atoms with E-state index in [0.29, 0.717) is 17.1 Å². The number of halogens is 1. The maximum Gasteiger partial charge on any atom is 0.251 e. The molecular weight excluding hydrogens is 312 g/mol. The third kappa shape index (κ3) is 3.96. The Hall–Kier alpha value is -2.66. The van der Waals surface area contributed by atoms with Crippen molar-refractivity contribution in [2.75, 3.05) is 6.54 Å². The molecule has 3 aromatic rings. The molecule has 0 atom stereocenters. The summed E-state index contributed by atoms with van der Waals surface area (Å²) in [6, 6.07) is 14.8. The summed E-state index contributed by atoms with van der Waals surface area (Å²) in [5, 5.41) is 7.67. The second-order valence-corrected chi connectivity index (χ2v) is 5.46. The molecule has 1 amide bonds. The summed E-state index contributed by atoms with van der Waals surface area (Å²) >= 11 is 5.85. The minimum absolute atomic E-state index is 0.0934.